The van der Waals surface area contributed by atoms with Crippen LogP contribution in [0.15, 0.2) is 79.9 Å². The quantitative estimate of drug-likeness (QED) is 0.175. The van der Waals surface area contributed by atoms with Crippen LogP contribution in [0.1, 0.15) is 112 Å². The predicted molar refractivity (Wildman–Crippen MR) is 172 cm³/mol. The molecule has 0 atom stereocenters. The van der Waals surface area contributed by atoms with Gasteiger partial charge in [-0.25, -0.2) is 18.3 Å². The minimum absolute atomic E-state index is 0.429. The molecule has 0 amide bonds. The Hall–Kier alpha value is -3.99. The molecule has 0 radical (unpaired) electrons. The van der Waals surface area contributed by atoms with Crippen molar-refractivity contribution in [1.82, 2.24) is 14.1 Å². The zero-order valence-corrected chi connectivity index (χ0v) is 27.1. The van der Waals surface area contributed by atoms with Gasteiger partial charge in [0.05, 0.1) is 12.4 Å². The first-order valence-electron chi connectivity index (χ1n) is 15.4. The molecule has 2 aromatic carbocycles. The lowest BCUT2D eigenvalue weighted by atomic mass is 9.92. The smallest absolute Gasteiger partial charge is 0.236 e. The van der Waals surface area contributed by atoms with Gasteiger partial charge in [-0.05, 0) is 65.8 Å². The maximum atomic E-state index is 5.26. The monoisotopic (exact) mass is 561 g/mol. The van der Waals surface area contributed by atoms with Gasteiger partial charge in [0.1, 0.15) is 23.8 Å². The first kappa shape index (κ1) is 29.5. The molecule has 0 saturated heterocycles. The molecule has 0 fully saturated rings. The second-order valence-corrected chi connectivity index (χ2v) is 12.9. The van der Waals surface area contributed by atoms with E-state index in [2.05, 4.69) is 167 Å². The topological polar surface area (TPSA) is 30.5 Å². The zero-order chi connectivity index (χ0) is 30.3. The number of pyridine rings is 1. The molecule has 3 aromatic heterocycles. The number of nitrogens with zero attached hydrogens (tertiary/aromatic N) is 5. The molecular formula is C37H47N5+2. The molecule has 5 nitrogen and oxygen atoms in total. The number of hydrogen-bond acceptors (Lipinski definition) is 1. The molecule has 0 aliphatic heterocycles. The summed E-state index contributed by atoms with van der Waals surface area (Å²) in [4.78, 5) is 5.26. The normalized spacial score (nSPS) is 12.0. The molecule has 0 N–H and O–H groups in total. The largest absolute Gasteiger partial charge is 0.273 e. The molecule has 3 heterocycles. The van der Waals surface area contributed by atoms with Crippen molar-refractivity contribution in [2.75, 3.05) is 0 Å². The van der Waals surface area contributed by atoms with E-state index in [1.807, 2.05) is 0 Å². The van der Waals surface area contributed by atoms with E-state index in [1.54, 1.807) is 0 Å². The Morgan fingerprint density at radius 1 is 0.548 bits per heavy atom. The molecule has 5 heteroatoms. The van der Waals surface area contributed by atoms with E-state index < -0.39 is 0 Å². The van der Waals surface area contributed by atoms with E-state index in [4.69, 9.17) is 4.98 Å². The highest BCUT2D eigenvalue weighted by molar-refractivity contribution is 5.52. The third-order valence-corrected chi connectivity index (χ3v) is 8.31. The van der Waals surface area contributed by atoms with Gasteiger partial charge < -0.3 is 0 Å². The van der Waals surface area contributed by atoms with E-state index in [9.17, 15) is 0 Å². The van der Waals surface area contributed by atoms with Crippen molar-refractivity contribution in [2.24, 2.45) is 0 Å². The summed E-state index contributed by atoms with van der Waals surface area (Å²) in [7, 11) is 0. The van der Waals surface area contributed by atoms with Gasteiger partial charge in [-0.2, -0.15) is 0 Å². The standard InChI is InChI=1S/C37H47N5/c1-24(2)30-13-11-14-31(25(3)4)34(30)39-17-19-41(22-39)36-28(9)21-29(10)37(38-36)42-20-18-40(23-42)35-32(26(5)6)15-12-16-33(35)27(7)8/h11-27H,1-10H3/q+2. The second-order valence-electron chi connectivity index (χ2n) is 12.9. The highest BCUT2D eigenvalue weighted by atomic mass is 15.2. The van der Waals surface area contributed by atoms with E-state index in [-0.39, 0.29) is 0 Å². The number of aryl methyl sites for hydroxylation is 2. The minimum atomic E-state index is 0.429. The fraction of sp³-hybridized carbons (Fsp3) is 0.378. The van der Waals surface area contributed by atoms with Crippen molar-refractivity contribution in [3.8, 4) is 23.0 Å². The van der Waals surface area contributed by atoms with Gasteiger partial charge in [-0.3, -0.25) is 0 Å². The molecule has 0 bridgehead atoms. The first-order valence-corrected chi connectivity index (χ1v) is 15.4. The van der Waals surface area contributed by atoms with Crippen molar-refractivity contribution in [3.05, 3.63) is 113 Å². The van der Waals surface area contributed by atoms with E-state index in [1.165, 1.54) is 33.6 Å². The lowest BCUT2D eigenvalue weighted by molar-refractivity contribution is -0.611. The van der Waals surface area contributed by atoms with Gasteiger partial charge in [0, 0.05) is 11.1 Å². The van der Waals surface area contributed by atoms with Crippen LogP contribution in [-0.2, 0) is 0 Å². The molecule has 0 aliphatic carbocycles. The fourth-order valence-corrected chi connectivity index (χ4v) is 6.10. The maximum absolute atomic E-state index is 5.26. The Bertz CT molecular complexity index is 1540. The van der Waals surface area contributed by atoms with Gasteiger partial charge in [-0.15, -0.1) is 0 Å². The van der Waals surface area contributed by atoms with Crippen LogP contribution in [0, 0.1) is 13.8 Å². The number of hydrogen-bond donors (Lipinski definition) is 0. The van der Waals surface area contributed by atoms with Gasteiger partial charge in [0.25, 0.3) is 11.6 Å². The number of aromatic nitrogens is 5. The number of para-hydroxylation sites is 2. The molecule has 0 unspecified atom stereocenters. The van der Waals surface area contributed by atoms with Crippen LogP contribution in [-0.4, -0.2) is 14.1 Å². The average Bonchev–Trinajstić information content (AvgIpc) is 3.62. The van der Waals surface area contributed by atoms with Gasteiger partial charge in [-0.1, -0.05) is 96.8 Å². The molecule has 5 rings (SSSR count). The molecule has 42 heavy (non-hydrogen) atoms. The Labute approximate surface area is 252 Å². The van der Waals surface area contributed by atoms with E-state index >= 15 is 0 Å². The van der Waals surface area contributed by atoms with Gasteiger partial charge >= 0.3 is 0 Å². The Morgan fingerprint density at radius 2 is 0.881 bits per heavy atom. The third kappa shape index (κ3) is 5.45. The highest BCUT2D eigenvalue weighted by Gasteiger charge is 2.24. The molecular weight excluding hydrogens is 514 g/mol. The fourth-order valence-electron chi connectivity index (χ4n) is 6.10. The molecule has 0 aliphatic rings. The Kier molecular flexibility index (Phi) is 8.23. The van der Waals surface area contributed by atoms with Gasteiger partial charge in [0.2, 0.25) is 0 Å². The van der Waals surface area contributed by atoms with E-state index in [0.717, 1.165) is 22.8 Å². The summed E-state index contributed by atoms with van der Waals surface area (Å²) in [6, 6.07) is 15.7. The third-order valence-electron chi connectivity index (χ3n) is 8.31. The average molecular weight is 562 g/mol. The molecule has 0 saturated carbocycles. The SMILES string of the molecule is Cc1cc(C)c(-[n+]2ccn(-c3c(C(C)C)cccc3C(C)C)c2)nc1-[n+]1ccn(-c2c(C(C)C)cccc2C(C)C)c1. The molecule has 218 valence electrons. The zero-order valence-electron chi connectivity index (χ0n) is 27.1. The van der Waals surface area contributed by atoms with Crippen molar-refractivity contribution in [1.29, 1.82) is 0 Å². The van der Waals surface area contributed by atoms with Crippen molar-refractivity contribution in [3.63, 3.8) is 0 Å². The van der Waals surface area contributed by atoms with Crippen molar-refractivity contribution in [2.45, 2.75) is 92.9 Å². The summed E-state index contributed by atoms with van der Waals surface area (Å²) < 4.78 is 8.85. The summed E-state index contributed by atoms with van der Waals surface area (Å²) in [6.07, 6.45) is 12.9. The summed E-state index contributed by atoms with van der Waals surface area (Å²) in [5, 5.41) is 0. The predicted octanol–water partition coefficient (Wildman–Crippen LogP) is 8.33. The molecule has 5 aromatic rings. The first-order chi connectivity index (χ1) is 20.0. The lowest BCUT2D eigenvalue weighted by Gasteiger charge is -2.17. The van der Waals surface area contributed by atoms with E-state index in [0.29, 0.717) is 23.7 Å². The van der Waals surface area contributed by atoms with Crippen molar-refractivity contribution < 1.29 is 9.13 Å². The Morgan fingerprint density at radius 3 is 1.19 bits per heavy atom. The van der Waals surface area contributed by atoms with Gasteiger partial charge in [0.15, 0.2) is 12.7 Å². The minimum Gasteiger partial charge on any atom is -0.236 e. The van der Waals surface area contributed by atoms with Crippen LogP contribution in [0.3, 0.4) is 0 Å². The summed E-state index contributed by atoms with van der Waals surface area (Å²) >= 11 is 0. The second kappa shape index (κ2) is 11.7. The number of imidazole rings is 2. The van der Waals surface area contributed by atoms with Crippen LogP contribution in [0.25, 0.3) is 23.0 Å². The Balaban J connectivity index is 1.59. The van der Waals surface area contributed by atoms with Crippen LogP contribution >= 0.6 is 0 Å². The number of benzene rings is 2. The van der Waals surface area contributed by atoms with Crippen LogP contribution in [0.2, 0.25) is 0 Å². The molecule has 0 spiro atoms. The lowest BCUT2D eigenvalue weighted by Crippen LogP contribution is -2.36. The van der Waals surface area contributed by atoms with Crippen LogP contribution in [0.5, 0.6) is 0 Å². The number of rotatable bonds is 8. The maximum Gasteiger partial charge on any atom is 0.273 e. The highest BCUT2D eigenvalue weighted by Crippen LogP contribution is 2.32. The summed E-state index contributed by atoms with van der Waals surface area (Å²) in [5.74, 6) is 3.59. The van der Waals surface area contributed by atoms with Crippen molar-refractivity contribution >= 4 is 0 Å². The van der Waals surface area contributed by atoms with Crippen LogP contribution < -0.4 is 9.13 Å². The summed E-state index contributed by atoms with van der Waals surface area (Å²) in [6.45, 7) is 22.4. The van der Waals surface area contributed by atoms with Crippen LogP contribution in [0.4, 0.5) is 0 Å². The summed E-state index contributed by atoms with van der Waals surface area (Å²) in [5.41, 5.74) is 10.3.